The molecule has 0 amide bonds. The van der Waals surface area contributed by atoms with E-state index in [-0.39, 0.29) is 19.2 Å². The molecule has 0 aliphatic carbocycles. The summed E-state index contributed by atoms with van der Waals surface area (Å²) < 4.78 is 10.1. The van der Waals surface area contributed by atoms with Crippen LogP contribution in [0.4, 0.5) is 0 Å². The molecule has 154 valence electrons. The highest BCUT2D eigenvalue weighted by Gasteiger charge is 2.02. The van der Waals surface area contributed by atoms with Crippen LogP contribution in [-0.4, -0.2) is 37.5 Å². The normalized spacial score (nSPS) is 11.3. The van der Waals surface area contributed by atoms with E-state index in [2.05, 4.69) is 19.1 Å². The summed E-state index contributed by atoms with van der Waals surface area (Å²) in [4.78, 5) is 11.5. The van der Waals surface area contributed by atoms with Crippen molar-refractivity contribution in [2.45, 2.75) is 96.8 Å². The number of aliphatic hydroxyl groups excluding tert-OH is 1. The van der Waals surface area contributed by atoms with Crippen LogP contribution in [0.15, 0.2) is 12.2 Å². The van der Waals surface area contributed by atoms with Crippen LogP contribution in [0, 0.1) is 0 Å². The van der Waals surface area contributed by atoms with Gasteiger partial charge in [-0.2, -0.15) is 0 Å². The van der Waals surface area contributed by atoms with Crippen LogP contribution >= 0.6 is 0 Å². The van der Waals surface area contributed by atoms with Gasteiger partial charge in [0.15, 0.2) is 0 Å². The summed E-state index contributed by atoms with van der Waals surface area (Å²) in [6.45, 7) is 3.20. The van der Waals surface area contributed by atoms with Crippen molar-refractivity contribution < 1.29 is 19.4 Å². The Hall–Kier alpha value is -0.870. The summed E-state index contributed by atoms with van der Waals surface area (Å²) in [6, 6.07) is 0. The fraction of sp³-hybridized carbons (Fsp3) is 0.864. The Bertz CT molecular complexity index is 315. The van der Waals surface area contributed by atoms with Gasteiger partial charge in [0, 0.05) is 6.42 Å². The van der Waals surface area contributed by atoms with Gasteiger partial charge in [-0.15, -0.1) is 0 Å². The minimum absolute atomic E-state index is 0.00284. The highest BCUT2D eigenvalue weighted by molar-refractivity contribution is 5.69. The number of allylic oxidation sites excluding steroid dienone is 2. The fourth-order valence-corrected chi connectivity index (χ4v) is 2.79. The van der Waals surface area contributed by atoms with E-state index in [9.17, 15) is 4.79 Å². The van der Waals surface area contributed by atoms with E-state index in [0.717, 1.165) is 12.8 Å². The van der Waals surface area contributed by atoms with E-state index >= 15 is 0 Å². The number of hydrogen-bond donors (Lipinski definition) is 1. The Balaban J connectivity index is 3.18. The summed E-state index contributed by atoms with van der Waals surface area (Å²) in [5, 5.41) is 8.54. The number of rotatable bonds is 20. The molecule has 0 rings (SSSR count). The van der Waals surface area contributed by atoms with Gasteiger partial charge in [-0.25, -0.2) is 0 Å². The molecular weight excluding hydrogens is 328 g/mol. The van der Waals surface area contributed by atoms with E-state index in [0.29, 0.717) is 19.6 Å². The second-order valence-electron chi connectivity index (χ2n) is 6.89. The summed E-state index contributed by atoms with van der Waals surface area (Å²) in [5.41, 5.74) is 0. The molecule has 26 heavy (non-hydrogen) atoms. The number of carbonyl (C=O) groups is 1. The van der Waals surface area contributed by atoms with Gasteiger partial charge < -0.3 is 14.6 Å². The Morgan fingerprint density at radius 3 is 1.96 bits per heavy atom. The first kappa shape index (κ1) is 25.1. The molecule has 0 atom stereocenters. The van der Waals surface area contributed by atoms with E-state index in [1.807, 2.05) is 0 Å². The Labute approximate surface area is 161 Å². The van der Waals surface area contributed by atoms with Crippen LogP contribution in [0.2, 0.25) is 0 Å². The number of unbranched alkanes of at least 4 members (excludes halogenated alkanes) is 11. The topological polar surface area (TPSA) is 55.8 Å². The summed E-state index contributed by atoms with van der Waals surface area (Å²) in [6.07, 6.45) is 21.5. The highest BCUT2D eigenvalue weighted by Crippen LogP contribution is 2.10. The minimum Gasteiger partial charge on any atom is -0.463 e. The predicted octanol–water partition coefficient (Wildman–Crippen LogP) is 5.58. The molecule has 4 nitrogen and oxygen atoms in total. The Kier molecular flexibility index (Phi) is 21.4. The molecule has 0 spiro atoms. The summed E-state index contributed by atoms with van der Waals surface area (Å²) in [7, 11) is 0. The van der Waals surface area contributed by atoms with Gasteiger partial charge in [0.2, 0.25) is 0 Å². The molecule has 1 N–H and O–H groups in total. The third-order valence-electron chi connectivity index (χ3n) is 4.37. The molecule has 0 unspecified atom stereocenters. The van der Waals surface area contributed by atoms with Gasteiger partial charge in [0.25, 0.3) is 0 Å². The molecule has 0 fully saturated rings. The smallest absolute Gasteiger partial charge is 0.305 e. The van der Waals surface area contributed by atoms with E-state index < -0.39 is 0 Å². The first-order chi connectivity index (χ1) is 12.8. The number of carbonyl (C=O) groups excluding carboxylic acids is 1. The van der Waals surface area contributed by atoms with Crippen molar-refractivity contribution in [1.82, 2.24) is 0 Å². The van der Waals surface area contributed by atoms with Gasteiger partial charge >= 0.3 is 5.97 Å². The fourth-order valence-electron chi connectivity index (χ4n) is 2.79. The molecule has 0 radical (unpaired) electrons. The average Bonchev–Trinajstić information content (AvgIpc) is 2.64. The van der Waals surface area contributed by atoms with Crippen LogP contribution in [0.25, 0.3) is 0 Å². The van der Waals surface area contributed by atoms with E-state index in [4.69, 9.17) is 14.6 Å². The SMILES string of the molecule is CCCCCCCC/C=C/CCCCCCCC(=O)OCCOCCO. The van der Waals surface area contributed by atoms with Crippen molar-refractivity contribution in [3.8, 4) is 0 Å². The van der Waals surface area contributed by atoms with Gasteiger partial charge in [-0.05, 0) is 32.1 Å². The van der Waals surface area contributed by atoms with Crippen LogP contribution in [-0.2, 0) is 14.3 Å². The number of aliphatic hydroxyl groups is 1. The maximum Gasteiger partial charge on any atom is 0.305 e. The zero-order valence-electron chi connectivity index (χ0n) is 17.1. The van der Waals surface area contributed by atoms with Crippen LogP contribution < -0.4 is 0 Å². The van der Waals surface area contributed by atoms with Crippen LogP contribution in [0.1, 0.15) is 96.8 Å². The predicted molar refractivity (Wildman–Crippen MR) is 108 cm³/mol. The van der Waals surface area contributed by atoms with Gasteiger partial charge in [-0.1, -0.05) is 70.4 Å². The highest BCUT2D eigenvalue weighted by atomic mass is 16.6. The van der Waals surface area contributed by atoms with Gasteiger partial charge in [0.1, 0.15) is 6.61 Å². The monoisotopic (exact) mass is 370 g/mol. The lowest BCUT2D eigenvalue weighted by Gasteiger charge is -2.05. The molecular formula is C22H42O4. The quantitative estimate of drug-likeness (QED) is 0.173. The lowest BCUT2D eigenvalue weighted by Crippen LogP contribution is -2.11. The van der Waals surface area contributed by atoms with Crippen molar-refractivity contribution in [2.24, 2.45) is 0 Å². The molecule has 0 aromatic carbocycles. The van der Waals surface area contributed by atoms with Crippen LogP contribution in [0.5, 0.6) is 0 Å². The molecule has 0 bridgehead atoms. The zero-order chi connectivity index (χ0) is 19.1. The lowest BCUT2D eigenvalue weighted by molar-refractivity contribution is -0.145. The average molecular weight is 371 g/mol. The Morgan fingerprint density at radius 2 is 1.35 bits per heavy atom. The van der Waals surface area contributed by atoms with Crippen molar-refractivity contribution in [3.63, 3.8) is 0 Å². The molecule has 0 aromatic heterocycles. The van der Waals surface area contributed by atoms with Crippen molar-refractivity contribution in [1.29, 1.82) is 0 Å². The van der Waals surface area contributed by atoms with E-state index in [1.165, 1.54) is 70.6 Å². The lowest BCUT2D eigenvalue weighted by atomic mass is 10.1. The largest absolute Gasteiger partial charge is 0.463 e. The maximum absolute atomic E-state index is 11.5. The molecule has 0 aromatic rings. The second-order valence-corrected chi connectivity index (χ2v) is 6.89. The molecule has 0 aliphatic heterocycles. The van der Waals surface area contributed by atoms with E-state index in [1.54, 1.807) is 0 Å². The molecule has 0 saturated carbocycles. The third-order valence-corrected chi connectivity index (χ3v) is 4.37. The zero-order valence-corrected chi connectivity index (χ0v) is 17.1. The van der Waals surface area contributed by atoms with Crippen molar-refractivity contribution in [2.75, 3.05) is 26.4 Å². The first-order valence-electron chi connectivity index (χ1n) is 10.8. The standard InChI is InChI=1S/C22H42O4/c1-2-3-4-5-6-7-8-9-10-11-12-13-14-15-16-17-22(24)26-21-20-25-19-18-23/h9-10,23H,2-8,11-21H2,1H3/b10-9+. The van der Waals surface area contributed by atoms with Crippen LogP contribution in [0.3, 0.4) is 0 Å². The molecule has 0 saturated heterocycles. The van der Waals surface area contributed by atoms with Crippen molar-refractivity contribution in [3.05, 3.63) is 12.2 Å². The van der Waals surface area contributed by atoms with Gasteiger partial charge in [0.05, 0.1) is 19.8 Å². The maximum atomic E-state index is 11.5. The first-order valence-corrected chi connectivity index (χ1v) is 10.8. The minimum atomic E-state index is -0.143. The molecule has 4 heteroatoms. The molecule has 0 heterocycles. The number of ether oxygens (including phenoxy) is 2. The Morgan fingerprint density at radius 1 is 0.769 bits per heavy atom. The molecule has 0 aliphatic rings. The number of hydrogen-bond acceptors (Lipinski definition) is 4. The third kappa shape index (κ3) is 21.2. The van der Waals surface area contributed by atoms with Crippen molar-refractivity contribution >= 4 is 5.97 Å². The van der Waals surface area contributed by atoms with Gasteiger partial charge in [-0.3, -0.25) is 4.79 Å². The number of esters is 1. The summed E-state index contributed by atoms with van der Waals surface area (Å²) in [5.74, 6) is -0.143. The summed E-state index contributed by atoms with van der Waals surface area (Å²) >= 11 is 0. The second kappa shape index (κ2) is 22.2.